The molecule has 0 bridgehead atoms. The molecular formula is C22H22NO+. The van der Waals surface area contributed by atoms with Crippen LogP contribution in [0.15, 0.2) is 60.7 Å². The van der Waals surface area contributed by atoms with Crippen LogP contribution in [0.5, 0.6) is 5.75 Å². The van der Waals surface area contributed by atoms with E-state index in [1.807, 2.05) is 6.07 Å². The number of hydrogen-bond donors (Lipinski definition) is 0. The number of rotatable bonds is 3. The summed E-state index contributed by atoms with van der Waals surface area (Å²) >= 11 is 0. The largest absolute Gasteiger partial charge is 0.488 e. The van der Waals surface area contributed by atoms with Gasteiger partial charge in [-0.1, -0.05) is 48.5 Å². The van der Waals surface area contributed by atoms with Crippen molar-refractivity contribution < 1.29 is 9.31 Å². The van der Waals surface area contributed by atoms with Gasteiger partial charge in [0.05, 0.1) is 5.39 Å². The molecule has 2 heteroatoms. The molecule has 4 rings (SSSR count). The summed E-state index contributed by atoms with van der Waals surface area (Å²) in [6, 6.07) is 21.1. The first kappa shape index (κ1) is 14.9. The van der Waals surface area contributed by atoms with E-state index in [1.165, 1.54) is 40.4 Å². The SMILES string of the molecule is C=[N+]1CCCCc2cc(OCc3ccccc3)c3ccccc3c21. The molecule has 24 heavy (non-hydrogen) atoms. The zero-order valence-electron chi connectivity index (χ0n) is 13.9. The van der Waals surface area contributed by atoms with Gasteiger partial charge in [0, 0.05) is 17.4 Å². The standard InChI is InChI=1S/C22H22NO/c1-23-14-8-7-11-18-15-21(24-16-17-9-3-2-4-10-17)19-12-5-6-13-20(19)22(18)23/h2-6,9-10,12-13,15H,1,7-8,11,14,16H2/q+1. The molecule has 0 saturated carbocycles. The van der Waals surface area contributed by atoms with Gasteiger partial charge in [0.1, 0.15) is 25.6 Å². The zero-order chi connectivity index (χ0) is 16.4. The van der Waals surface area contributed by atoms with Gasteiger partial charge in [0.15, 0.2) is 0 Å². The molecule has 0 fully saturated rings. The maximum Gasteiger partial charge on any atom is 0.216 e. The molecule has 0 amide bonds. The molecule has 1 heterocycles. The van der Waals surface area contributed by atoms with Gasteiger partial charge in [-0.25, -0.2) is 4.58 Å². The molecule has 0 aliphatic carbocycles. The second-order valence-electron chi connectivity index (χ2n) is 6.42. The summed E-state index contributed by atoms with van der Waals surface area (Å²) in [6.45, 7) is 5.87. The van der Waals surface area contributed by atoms with Gasteiger partial charge in [-0.3, -0.25) is 0 Å². The van der Waals surface area contributed by atoms with Gasteiger partial charge < -0.3 is 4.74 Å². The summed E-state index contributed by atoms with van der Waals surface area (Å²) in [5.74, 6) is 0.975. The number of aryl methyl sites for hydroxylation is 1. The van der Waals surface area contributed by atoms with E-state index in [0.717, 1.165) is 18.7 Å². The highest BCUT2D eigenvalue weighted by Crippen LogP contribution is 2.38. The Balaban J connectivity index is 1.78. The van der Waals surface area contributed by atoms with E-state index in [1.54, 1.807) is 0 Å². The Morgan fingerprint density at radius 1 is 0.917 bits per heavy atom. The van der Waals surface area contributed by atoms with Crippen LogP contribution in [0, 0.1) is 0 Å². The van der Waals surface area contributed by atoms with Gasteiger partial charge in [0.25, 0.3) is 0 Å². The average Bonchev–Trinajstić information content (AvgIpc) is 2.82. The van der Waals surface area contributed by atoms with E-state index in [-0.39, 0.29) is 0 Å². The minimum atomic E-state index is 0.595. The number of nitrogens with zero attached hydrogens (tertiary/aromatic N) is 1. The van der Waals surface area contributed by atoms with Gasteiger partial charge in [-0.2, -0.15) is 0 Å². The molecule has 0 spiro atoms. The third-order valence-corrected chi connectivity index (χ3v) is 4.73. The molecule has 0 N–H and O–H groups in total. The maximum atomic E-state index is 6.21. The first-order valence-electron chi connectivity index (χ1n) is 8.62. The van der Waals surface area contributed by atoms with Crippen molar-refractivity contribution in [1.29, 1.82) is 0 Å². The second kappa shape index (κ2) is 6.48. The highest BCUT2D eigenvalue weighted by molar-refractivity contribution is 5.97. The number of ether oxygens (including phenoxy) is 1. The molecular weight excluding hydrogens is 294 g/mol. The monoisotopic (exact) mass is 316 g/mol. The lowest BCUT2D eigenvalue weighted by Crippen LogP contribution is -2.05. The lowest BCUT2D eigenvalue weighted by molar-refractivity contribution is -0.429. The van der Waals surface area contributed by atoms with Crippen LogP contribution >= 0.6 is 0 Å². The van der Waals surface area contributed by atoms with Crippen molar-refractivity contribution in [2.45, 2.75) is 25.9 Å². The van der Waals surface area contributed by atoms with E-state index >= 15 is 0 Å². The second-order valence-corrected chi connectivity index (χ2v) is 6.42. The minimum absolute atomic E-state index is 0.595. The van der Waals surface area contributed by atoms with Crippen molar-refractivity contribution in [2.75, 3.05) is 6.54 Å². The highest BCUT2D eigenvalue weighted by atomic mass is 16.5. The normalized spacial score (nSPS) is 14.2. The molecule has 3 aromatic carbocycles. The highest BCUT2D eigenvalue weighted by Gasteiger charge is 2.22. The van der Waals surface area contributed by atoms with Crippen LogP contribution in [0.25, 0.3) is 10.8 Å². The number of fused-ring (bicyclic) bond motifs is 3. The molecule has 0 unspecified atom stereocenters. The van der Waals surface area contributed by atoms with Crippen molar-refractivity contribution in [1.82, 2.24) is 0 Å². The molecule has 120 valence electrons. The van der Waals surface area contributed by atoms with Crippen LogP contribution in [0.2, 0.25) is 0 Å². The van der Waals surface area contributed by atoms with E-state index in [2.05, 4.69) is 65.9 Å². The van der Waals surface area contributed by atoms with Gasteiger partial charge in [-0.05, 0) is 30.5 Å². The third kappa shape index (κ3) is 2.80. The summed E-state index contributed by atoms with van der Waals surface area (Å²) in [4.78, 5) is 0. The molecule has 2 nitrogen and oxygen atoms in total. The van der Waals surface area contributed by atoms with Crippen molar-refractivity contribution in [3.05, 3.63) is 71.8 Å². The molecule has 3 aromatic rings. The first-order chi connectivity index (χ1) is 11.8. The fourth-order valence-electron chi connectivity index (χ4n) is 3.53. The lowest BCUT2D eigenvalue weighted by atomic mass is 10.00. The molecule has 0 radical (unpaired) electrons. The quantitative estimate of drug-likeness (QED) is 0.612. The van der Waals surface area contributed by atoms with Crippen molar-refractivity contribution in [2.24, 2.45) is 0 Å². The van der Waals surface area contributed by atoms with Gasteiger partial charge in [-0.15, -0.1) is 0 Å². The molecule has 0 atom stereocenters. The van der Waals surface area contributed by atoms with Crippen LogP contribution < -0.4 is 4.74 Å². The topological polar surface area (TPSA) is 12.2 Å². The molecule has 1 aliphatic rings. The summed E-state index contributed by atoms with van der Waals surface area (Å²) < 4.78 is 8.37. The smallest absolute Gasteiger partial charge is 0.216 e. The van der Waals surface area contributed by atoms with E-state index in [0.29, 0.717) is 6.61 Å². The Morgan fingerprint density at radius 2 is 1.67 bits per heavy atom. The molecule has 1 aliphatic heterocycles. The van der Waals surface area contributed by atoms with Crippen LogP contribution in [0.3, 0.4) is 0 Å². The molecule has 0 aromatic heterocycles. The van der Waals surface area contributed by atoms with Crippen LogP contribution in [0.4, 0.5) is 5.69 Å². The summed E-state index contributed by atoms with van der Waals surface area (Å²) in [5, 5.41) is 2.41. The summed E-state index contributed by atoms with van der Waals surface area (Å²) in [6.07, 6.45) is 3.48. The first-order valence-corrected chi connectivity index (χ1v) is 8.62. The Hall–Kier alpha value is -2.61. The maximum absolute atomic E-state index is 6.21. The number of benzene rings is 3. The summed E-state index contributed by atoms with van der Waals surface area (Å²) in [5.41, 5.74) is 3.81. The molecule has 0 saturated heterocycles. The third-order valence-electron chi connectivity index (χ3n) is 4.73. The predicted molar refractivity (Wildman–Crippen MR) is 99.6 cm³/mol. The van der Waals surface area contributed by atoms with E-state index < -0.39 is 0 Å². The van der Waals surface area contributed by atoms with Crippen molar-refractivity contribution in [3.63, 3.8) is 0 Å². The summed E-state index contributed by atoms with van der Waals surface area (Å²) in [7, 11) is 0. The lowest BCUT2D eigenvalue weighted by Gasteiger charge is -2.13. The van der Waals surface area contributed by atoms with E-state index in [9.17, 15) is 0 Å². The fraction of sp³-hybridized carbons (Fsp3) is 0.227. The average molecular weight is 316 g/mol. The van der Waals surface area contributed by atoms with E-state index in [4.69, 9.17) is 4.74 Å². The van der Waals surface area contributed by atoms with Crippen molar-refractivity contribution >= 4 is 23.2 Å². The Bertz CT molecular complexity index is 883. The van der Waals surface area contributed by atoms with Gasteiger partial charge in [0.2, 0.25) is 5.69 Å². The Morgan fingerprint density at radius 3 is 2.50 bits per heavy atom. The predicted octanol–water partition coefficient (Wildman–Crippen LogP) is 5.10. The van der Waals surface area contributed by atoms with Gasteiger partial charge >= 0.3 is 0 Å². The minimum Gasteiger partial charge on any atom is -0.488 e. The zero-order valence-corrected chi connectivity index (χ0v) is 13.9. The van der Waals surface area contributed by atoms with Crippen LogP contribution in [0.1, 0.15) is 24.0 Å². The van der Waals surface area contributed by atoms with Crippen LogP contribution in [-0.2, 0) is 13.0 Å². The van der Waals surface area contributed by atoms with Crippen LogP contribution in [-0.4, -0.2) is 17.8 Å². The van der Waals surface area contributed by atoms with Crippen molar-refractivity contribution in [3.8, 4) is 5.75 Å². The Labute approximate surface area is 143 Å². The Kier molecular flexibility index (Phi) is 4.04. The number of hydrogen-bond acceptors (Lipinski definition) is 1. The fourth-order valence-corrected chi connectivity index (χ4v) is 3.53.